The summed E-state index contributed by atoms with van der Waals surface area (Å²) in [6, 6.07) is 6.24. The number of hydrogen-bond donors (Lipinski definition) is 1. The average molecular weight is 404 g/mol. The van der Waals surface area contributed by atoms with Crippen molar-refractivity contribution in [1.29, 1.82) is 0 Å². The lowest BCUT2D eigenvalue weighted by Gasteiger charge is -2.08. The minimum Gasteiger partial charge on any atom is -0.508 e. The summed E-state index contributed by atoms with van der Waals surface area (Å²) in [4.78, 5) is 10.8. The third-order valence-corrected chi connectivity index (χ3v) is 3.83. The molecule has 0 fully saturated rings. The molecule has 1 unspecified atom stereocenters. The van der Waals surface area contributed by atoms with E-state index in [0.717, 1.165) is 0 Å². The van der Waals surface area contributed by atoms with E-state index in [0.29, 0.717) is 5.75 Å². The molecule has 0 aliphatic rings. The first-order chi connectivity index (χ1) is 6.09. The number of aromatic hydroxyl groups is 1. The molecule has 70 valence electrons. The van der Waals surface area contributed by atoms with Gasteiger partial charge < -0.3 is 9.84 Å². The fourth-order valence-corrected chi connectivity index (χ4v) is 1.11. The Hall–Kier alpha value is -0.0500. The van der Waals surface area contributed by atoms with E-state index < -0.39 is 4.11 Å². The monoisotopic (exact) mass is 404 g/mol. The molecule has 13 heavy (non-hydrogen) atoms. The molecule has 1 aromatic rings. The van der Waals surface area contributed by atoms with Gasteiger partial charge in [0.2, 0.25) is 7.90 Å². The van der Waals surface area contributed by atoms with Crippen molar-refractivity contribution in [3.05, 3.63) is 24.3 Å². The highest BCUT2D eigenvalue weighted by Gasteiger charge is 2.12. The second kappa shape index (κ2) is 4.99. The molecule has 0 saturated carbocycles. The van der Waals surface area contributed by atoms with E-state index in [1.54, 1.807) is 34.7 Å². The average Bonchev–Trinajstić information content (AvgIpc) is 2.08. The molecule has 0 heterocycles. The molecule has 3 nitrogen and oxygen atoms in total. The zero-order valence-corrected chi connectivity index (χ0v) is 10.7. The minimum absolute atomic E-state index is 0.0636. The van der Waals surface area contributed by atoms with Gasteiger partial charge in [-0.3, -0.25) is 4.79 Å². The molecule has 0 aliphatic carbocycles. The van der Waals surface area contributed by atoms with Crippen LogP contribution >= 0.6 is 45.2 Å². The van der Waals surface area contributed by atoms with Gasteiger partial charge >= 0.3 is 0 Å². The van der Waals surface area contributed by atoms with Crippen LogP contribution in [-0.2, 0) is 4.79 Å². The Balaban J connectivity index is 2.64. The van der Waals surface area contributed by atoms with E-state index in [-0.39, 0.29) is 9.54 Å². The molecular weight excluding hydrogens is 398 g/mol. The Kier molecular flexibility index (Phi) is 4.23. The van der Waals surface area contributed by atoms with Crippen molar-refractivity contribution in [3.63, 3.8) is 0 Å². The van der Waals surface area contributed by atoms with Gasteiger partial charge in [0.1, 0.15) is 11.5 Å². The largest absolute Gasteiger partial charge is 0.508 e. The number of ether oxygens (including phenoxy) is 1. The van der Waals surface area contributed by atoms with E-state index in [1.807, 2.05) is 22.6 Å². The van der Waals surface area contributed by atoms with Crippen LogP contribution in [0.3, 0.4) is 0 Å². The third-order valence-electron chi connectivity index (χ3n) is 1.25. The predicted molar refractivity (Wildman–Crippen MR) is 65.6 cm³/mol. The maximum Gasteiger partial charge on any atom is 0.242 e. The van der Waals surface area contributed by atoms with Crippen LogP contribution in [0.15, 0.2) is 24.3 Å². The summed E-state index contributed by atoms with van der Waals surface area (Å²) in [5.41, 5.74) is 0. The fraction of sp³-hybridized carbons (Fsp3) is 0.125. The first-order valence-electron chi connectivity index (χ1n) is 3.38. The van der Waals surface area contributed by atoms with Gasteiger partial charge in [0.05, 0.1) is 0 Å². The topological polar surface area (TPSA) is 46.5 Å². The predicted octanol–water partition coefficient (Wildman–Crippen LogP) is 2.49. The molecule has 0 aromatic heterocycles. The second-order valence-electron chi connectivity index (χ2n) is 2.23. The van der Waals surface area contributed by atoms with Gasteiger partial charge in [0.15, 0.2) is 0 Å². The summed E-state index contributed by atoms with van der Waals surface area (Å²) in [5, 5.41) is 8.97. The highest BCUT2D eigenvalue weighted by Crippen LogP contribution is 2.20. The van der Waals surface area contributed by atoms with Crippen LogP contribution in [0.25, 0.3) is 0 Å². The Bertz CT molecular complexity index is 297. The van der Waals surface area contributed by atoms with Crippen LogP contribution in [0.1, 0.15) is 0 Å². The fourth-order valence-electron chi connectivity index (χ4n) is 0.691. The van der Waals surface area contributed by atoms with Crippen LogP contribution in [0, 0.1) is 0 Å². The number of carbonyl (C=O) groups excluding carboxylic acids is 1. The molecule has 0 bridgehead atoms. The summed E-state index contributed by atoms with van der Waals surface area (Å²) in [6.45, 7) is 0. The Morgan fingerprint density at radius 3 is 2.38 bits per heavy atom. The quantitative estimate of drug-likeness (QED) is 0.479. The Morgan fingerprint density at radius 1 is 1.38 bits per heavy atom. The van der Waals surface area contributed by atoms with Gasteiger partial charge in [-0.2, -0.15) is 0 Å². The number of carbonyl (C=O) groups is 1. The van der Waals surface area contributed by atoms with Crippen molar-refractivity contribution in [2.45, 2.75) is 4.11 Å². The van der Waals surface area contributed by atoms with Crippen LogP contribution in [0.4, 0.5) is 0 Å². The molecule has 1 aromatic carbocycles. The standard InChI is InChI=1S/C8H6I2O3/c9-7(12)8(10)13-6-3-1-5(11)2-4-6/h1-4,8,11H. The van der Waals surface area contributed by atoms with E-state index in [4.69, 9.17) is 9.84 Å². The van der Waals surface area contributed by atoms with E-state index in [2.05, 4.69) is 0 Å². The number of phenols is 1. The third kappa shape index (κ3) is 3.67. The normalized spacial score (nSPS) is 12.2. The van der Waals surface area contributed by atoms with Crippen molar-refractivity contribution >= 4 is 49.0 Å². The minimum atomic E-state index is -0.484. The number of halogens is 2. The van der Waals surface area contributed by atoms with Gasteiger partial charge in [-0.1, -0.05) is 0 Å². The number of benzene rings is 1. The van der Waals surface area contributed by atoms with Crippen molar-refractivity contribution in [3.8, 4) is 11.5 Å². The lowest BCUT2D eigenvalue weighted by molar-refractivity contribution is -0.111. The van der Waals surface area contributed by atoms with Crippen molar-refractivity contribution in [1.82, 2.24) is 0 Å². The van der Waals surface area contributed by atoms with Gasteiger partial charge in [-0.05, 0) is 46.9 Å². The van der Waals surface area contributed by atoms with Gasteiger partial charge in [0.25, 0.3) is 0 Å². The lowest BCUT2D eigenvalue weighted by atomic mass is 10.3. The first-order valence-corrected chi connectivity index (χ1v) is 5.71. The summed E-state index contributed by atoms with van der Waals surface area (Å²) >= 11 is 3.58. The maximum atomic E-state index is 10.8. The molecule has 1 N–H and O–H groups in total. The van der Waals surface area contributed by atoms with Gasteiger partial charge in [-0.15, -0.1) is 0 Å². The lowest BCUT2D eigenvalue weighted by Crippen LogP contribution is -2.14. The maximum absolute atomic E-state index is 10.8. The summed E-state index contributed by atoms with van der Waals surface area (Å²) in [6.07, 6.45) is 0. The number of rotatable bonds is 3. The van der Waals surface area contributed by atoms with Crippen LogP contribution in [0.2, 0.25) is 0 Å². The van der Waals surface area contributed by atoms with E-state index >= 15 is 0 Å². The van der Waals surface area contributed by atoms with Crippen LogP contribution in [-0.4, -0.2) is 13.0 Å². The zero-order chi connectivity index (χ0) is 9.84. The highest BCUT2D eigenvalue weighted by molar-refractivity contribution is 14.1. The Labute approximate surface area is 103 Å². The molecular formula is C8H6I2O3. The Morgan fingerprint density at radius 2 is 1.92 bits per heavy atom. The summed E-state index contributed by atoms with van der Waals surface area (Å²) in [5.74, 6) is 0.750. The second-order valence-corrected chi connectivity index (χ2v) is 4.43. The zero-order valence-electron chi connectivity index (χ0n) is 6.41. The molecule has 0 radical (unpaired) electrons. The molecule has 0 amide bonds. The van der Waals surface area contributed by atoms with Crippen LogP contribution < -0.4 is 4.74 Å². The molecule has 1 atom stereocenters. The van der Waals surface area contributed by atoms with Crippen LogP contribution in [0.5, 0.6) is 11.5 Å². The summed E-state index contributed by atoms with van der Waals surface area (Å²) in [7, 11) is 0. The summed E-state index contributed by atoms with van der Waals surface area (Å²) < 4.78 is 4.70. The molecule has 0 aliphatic heterocycles. The van der Waals surface area contributed by atoms with Gasteiger partial charge in [0, 0.05) is 22.6 Å². The SMILES string of the molecule is O=C(I)C(I)Oc1ccc(O)cc1. The smallest absolute Gasteiger partial charge is 0.242 e. The van der Waals surface area contributed by atoms with E-state index in [1.165, 1.54) is 12.1 Å². The van der Waals surface area contributed by atoms with Crippen molar-refractivity contribution in [2.75, 3.05) is 0 Å². The number of hydrogen-bond acceptors (Lipinski definition) is 3. The molecule has 0 saturated heterocycles. The number of phenolic OH excluding ortho intramolecular Hbond substituents is 1. The van der Waals surface area contributed by atoms with Gasteiger partial charge in [-0.25, -0.2) is 0 Å². The molecule has 1 rings (SSSR count). The first kappa shape index (κ1) is 11.0. The van der Waals surface area contributed by atoms with Crippen molar-refractivity contribution in [2.24, 2.45) is 0 Å². The highest BCUT2D eigenvalue weighted by atomic mass is 127. The molecule has 5 heteroatoms. The van der Waals surface area contributed by atoms with E-state index in [9.17, 15) is 4.79 Å². The van der Waals surface area contributed by atoms with Crippen molar-refractivity contribution < 1.29 is 14.6 Å². The number of alkyl halides is 1. The molecule has 0 spiro atoms.